The number of morpholine rings is 1. The Hall–Kier alpha value is -2.38. The van der Waals surface area contributed by atoms with Crippen molar-refractivity contribution in [3.8, 4) is 5.75 Å². The molecule has 1 saturated heterocycles. The van der Waals surface area contributed by atoms with E-state index in [4.69, 9.17) is 13.9 Å². The molecule has 2 aromatic rings. The first-order valence-corrected chi connectivity index (χ1v) is 9.74. The topological polar surface area (TPSA) is 81.0 Å². The summed E-state index contributed by atoms with van der Waals surface area (Å²) in [5, 5.41) is 3.78. The summed E-state index contributed by atoms with van der Waals surface area (Å²) in [5.41, 5.74) is 1.60. The molecule has 7 nitrogen and oxygen atoms in total. The van der Waals surface area contributed by atoms with Crippen molar-refractivity contribution >= 4 is 16.9 Å². The number of benzene rings is 1. The number of rotatable bonds is 7. The highest BCUT2D eigenvalue weighted by Gasteiger charge is 2.16. The second-order valence-corrected chi connectivity index (χ2v) is 7.16. The molecule has 1 N–H and O–H groups in total. The van der Waals surface area contributed by atoms with E-state index in [1.54, 1.807) is 26.0 Å². The van der Waals surface area contributed by atoms with Gasteiger partial charge in [-0.25, -0.2) is 4.79 Å². The Morgan fingerprint density at radius 2 is 2.00 bits per heavy atom. The van der Waals surface area contributed by atoms with Gasteiger partial charge in [0.15, 0.2) is 6.10 Å². The van der Waals surface area contributed by atoms with E-state index in [1.165, 1.54) is 0 Å². The summed E-state index contributed by atoms with van der Waals surface area (Å²) in [5.74, 6) is 0.332. The Kier molecular flexibility index (Phi) is 6.70. The predicted molar refractivity (Wildman–Crippen MR) is 107 cm³/mol. The minimum absolute atomic E-state index is 0.163. The molecular weight excluding hydrogens is 360 g/mol. The molecule has 152 valence electrons. The Morgan fingerprint density at radius 1 is 1.25 bits per heavy atom. The van der Waals surface area contributed by atoms with Crippen molar-refractivity contribution in [1.82, 2.24) is 10.2 Å². The fourth-order valence-corrected chi connectivity index (χ4v) is 3.24. The van der Waals surface area contributed by atoms with Gasteiger partial charge in [-0.05, 0) is 51.4 Å². The number of carbonyl (C=O) groups is 1. The van der Waals surface area contributed by atoms with Gasteiger partial charge < -0.3 is 19.2 Å². The Bertz CT molecular complexity index is 886. The molecule has 1 atom stereocenters. The van der Waals surface area contributed by atoms with Crippen molar-refractivity contribution < 1.29 is 18.7 Å². The molecule has 0 spiro atoms. The van der Waals surface area contributed by atoms with Crippen molar-refractivity contribution in [3.05, 3.63) is 39.7 Å². The molecule has 3 rings (SSSR count). The van der Waals surface area contributed by atoms with Gasteiger partial charge in [0.05, 0.1) is 13.2 Å². The maximum atomic E-state index is 12.3. The van der Waals surface area contributed by atoms with Crippen molar-refractivity contribution in [2.75, 3.05) is 39.4 Å². The van der Waals surface area contributed by atoms with Crippen LogP contribution in [-0.2, 0) is 9.53 Å². The van der Waals surface area contributed by atoms with Crippen LogP contribution in [0.5, 0.6) is 5.75 Å². The smallest absolute Gasteiger partial charge is 0.339 e. The number of aryl methyl sites for hydroxylation is 1. The summed E-state index contributed by atoms with van der Waals surface area (Å²) in [6.45, 7) is 10.4. The molecule has 1 unspecified atom stereocenters. The number of hydrogen-bond acceptors (Lipinski definition) is 6. The molecule has 1 amide bonds. The predicted octanol–water partition coefficient (Wildman–Crippen LogP) is 2.02. The van der Waals surface area contributed by atoms with E-state index in [2.05, 4.69) is 10.2 Å². The third-order valence-corrected chi connectivity index (χ3v) is 5.16. The number of fused-ring (bicyclic) bond motifs is 1. The molecule has 1 aromatic carbocycles. The fourth-order valence-electron chi connectivity index (χ4n) is 3.24. The molecule has 2 heterocycles. The van der Waals surface area contributed by atoms with Gasteiger partial charge in [0.2, 0.25) is 0 Å². The third kappa shape index (κ3) is 4.91. The van der Waals surface area contributed by atoms with Crippen LogP contribution < -0.4 is 15.7 Å². The van der Waals surface area contributed by atoms with Gasteiger partial charge in [-0.2, -0.15) is 0 Å². The highest BCUT2D eigenvalue weighted by atomic mass is 16.5. The van der Waals surface area contributed by atoms with Gasteiger partial charge in [0.1, 0.15) is 11.3 Å². The monoisotopic (exact) mass is 388 g/mol. The minimum Gasteiger partial charge on any atom is -0.481 e. The van der Waals surface area contributed by atoms with Crippen LogP contribution in [0, 0.1) is 13.8 Å². The van der Waals surface area contributed by atoms with Crippen molar-refractivity contribution in [3.63, 3.8) is 0 Å². The van der Waals surface area contributed by atoms with Gasteiger partial charge in [-0.1, -0.05) is 0 Å². The first-order valence-electron chi connectivity index (χ1n) is 9.74. The summed E-state index contributed by atoms with van der Waals surface area (Å²) < 4.78 is 16.4. The largest absolute Gasteiger partial charge is 0.481 e. The zero-order valence-electron chi connectivity index (χ0n) is 16.7. The summed E-state index contributed by atoms with van der Waals surface area (Å²) in [4.78, 5) is 26.5. The quantitative estimate of drug-likeness (QED) is 0.577. The zero-order valence-corrected chi connectivity index (χ0v) is 16.7. The van der Waals surface area contributed by atoms with Crippen molar-refractivity contribution in [2.24, 2.45) is 0 Å². The third-order valence-electron chi connectivity index (χ3n) is 5.16. The van der Waals surface area contributed by atoms with Gasteiger partial charge in [0, 0.05) is 36.7 Å². The lowest BCUT2D eigenvalue weighted by atomic mass is 10.1. The standard InChI is InChI=1S/C21H28N2O5/c1-14-15(2)21(25)28-19-13-17(5-6-18(14)19)27-16(3)20(24)22-7-4-8-23-9-11-26-12-10-23/h5-6,13,16H,4,7-12H2,1-3H3,(H,22,24). The number of nitrogens with one attached hydrogen (secondary N) is 1. The zero-order chi connectivity index (χ0) is 20.1. The second kappa shape index (κ2) is 9.21. The minimum atomic E-state index is -0.640. The van der Waals surface area contributed by atoms with Crippen LogP contribution in [-0.4, -0.2) is 56.3 Å². The van der Waals surface area contributed by atoms with Gasteiger partial charge in [-0.3, -0.25) is 9.69 Å². The number of hydrogen-bond donors (Lipinski definition) is 1. The molecule has 28 heavy (non-hydrogen) atoms. The van der Waals surface area contributed by atoms with Gasteiger partial charge in [0.25, 0.3) is 5.91 Å². The first kappa shape index (κ1) is 20.4. The SMILES string of the molecule is Cc1c(C)c2ccc(OC(C)C(=O)NCCCN3CCOCC3)cc2oc1=O. The van der Waals surface area contributed by atoms with Crippen LogP contribution in [0.1, 0.15) is 24.5 Å². The van der Waals surface area contributed by atoms with E-state index in [1.807, 2.05) is 13.0 Å². The molecule has 1 aromatic heterocycles. The van der Waals surface area contributed by atoms with E-state index >= 15 is 0 Å². The highest BCUT2D eigenvalue weighted by molar-refractivity contribution is 5.83. The maximum absolute atomic E-state index is 12.3. The number of ether oxygens (including phenoxy) is 2. The maximum Gasteiger partial charge on any atom is 0.339 e. The molecule has 1 aliphatic rings. The average molecular weight is 388 g/mol. The molecule has 0 radical (unpaired) electrons. The number of carbonyl (C=O) groups excluding carboxylic acids is 1. The van der Waals surface area contributed by atoms with Gasteiger partial charge >= 0.3 is 5.63 Å². The molecular formula is C21H28N2O5. The summed E-state index contributed by atoms with van der Waals surface area (Å²) in [6, 6.07) is 5.30. The summed E-state index contributed by atoms with van der Waals surface area (Å²) in [6.07, 6.45) is 0.247. The normalized spacial score (nSPS) is 16.1. The Labute approximate surface area is 164 Å². The molecule has 1 aliphatic heterocycles. The van der Waals surface area contributed by atoms with Crippen molar-refractivity contribution in [2.45, 2.75) is 33.3 Å². The van der Waals surface area contributed by atoms with Crippen molar-refractivity contribution in [1.29, 1.82) is 0 Å². The molecule has 7 heteroatoms. The van der Waals surface area contributed by atoms with E-state index in [-0.39, 0.29) is 11.5 Å². The van der Waals surface area contributed by atoms with Crippen LogP contribution in [0.3, 0.4) is 0 Å². The fraction of sp³-hybridized carbons (Fsp3) is 0.524. The van der Waals surface area contributed by atoms with Crippen LogP contribution in [0.4, 0.5) is 0 Å². The van der Waals surface area contributed by atoms with Crippen LogP contribution in [0.25, 0.3) is 11.0 Å². The Balaban J connectivity index is 1.52. The van der Waals surface area contributed by atoms with E-state index in [0.29, 0.717) is 23.4 Å². The lowest BCUT2D eigenvalue weighted by Crippen LogP contribution is -2.40. The molecule has 0 bridgehead atoms. The van der Waals surface area contributed by atoms with Gasteiger partial charge in [-0.15, -0.1) is 0 Å². The number of nitrogens with zero attached hydrogens (tertiary/aromatic N) is 1. The second-order valence-electron chi connectivity index (χ2n) is 7.16. The van der Waals surface area contributed by atoms with Crippen LogP contribution >= 0.6 is 0 Å². The van der Waals surface area contributed by atoms with E-state index in [0.717, 1.165) is 50.2 Å². The highest BCUT2D eigenvalue weighted by Crippen LogP contribution is 2.24. The van der Waals surface area contributed by atoms with Crippen LogP contribution in [0.15, 0.2) is 27.4 Å². The van der Waals surface area contributed by atoms with Crippen LogP contribution in [0.2, 0.25) is 0 Å². The summed E-state index contributed by atoms with van der Waals surface area (Å²) >= 11 is 0. The number of amides is 1. The lowest BCUT2D eigenvalue weighted by molar-refractivity contribution is -0.127. The molecule has 1 fully saturated rings. The average Bonchev–Trinajstić information content (AvgIpc) is 2.70. The molecule has 0 aliphatic carbocycles. The van der Waals surface area contributed by atoms with E-state index < -0.39 is 6.10 Å². The first-order chi connectivity index (χ1) is 13.5. The lowest BCUT2D eigenvalue weighted by Gasteiger charge is -2.26. The molecule has 0 saturated carbocycles. The summed E-state index contributed by atoms with van der Waals surface area (Å²) in [7, 11) is 0. The Morgan fingerprint density at radius 3 is 2.75 bits per heavy atom. The van der Waals surface area contributed by atoms with E-state index in [9.17, 15) is 9.59 Å².